The van der Waals surface area contributed by atoms with Gasteiger partial charge in [-0.2, -0.15) is 0 Å². The second kappa shape index (κ2) is 3.71. The van der Waals surface area contributed by atoms with Crippen molar-refractivity contribution in [1.82, 2.24) is 5.32 Å². The lowest BCUT2D eigenvalue weighted by Gasteiger charge is -2.44. The number of piperidine rings is 1. The SMILES string of the molecule is [C-]#[N+]C1=CC2(CCNCC2)CC(C)(C)C1=O. The second-order valence-electron chi connectivity index (χ2n) is 5.64. The van der Waals surface area contributed by atoms with Gasteiger partial charge in [0, 0.05) is 5.41 Å². The van der Waals surface area contributed by atoms with Crippen LogP contribution in [0.15, 0.2) is 11.8 Å². The van der Waals surface area contributed by atoms with Gasteiger partial charge in [-0.1, -0.05) is 19.9 Å². The van der Waals surface area contributed by atoms with E-state index in [1.54, 1.807) is 0 Å². The van der Waals surface area contributed by atoms with Crippen LogP contribution in [0.25, 0.3) is 4.85 Å². The van der Waals surface area contributed by atoms with Crippen LogP contribution in [0.1, 0.15) is 33.1 Å². The van der Waals surface area contributed by atoms with E-state index in [0.29, 0.717) is 5.70 Å². The molecule has 1 spiro atoms. The molecule has 0 saturated carbocycles. The van der Waals surface area contributed by atoms with Gasteiger partial charge in [0.25, 0.3) is 0 Å². The van der Waals surface area contributed by atoms with Gasteiger partial charge in [0.15, 0.2) is 5.78 Å². The topological polar surface area (TPSA) is 33.5 Å². The van der Waals surface area contributed by atoms with Gasteiger partial charge >= 0.3 is 0 Å². The normalized spacial score (nSPS) is 27.3. The summed E-state index contributed by atoms with van der Waals surface area (Å²) in [5, 5.41) is 3.34. The first-order valence-corrected chi connectivity index (χ1v) is 5.85. The average Bonchev–Trinajstić information content (AvgIpc) is 2.24. The number of carbonyl (C=O) groups excluding carboxylic acids is 1. The van der Waals surface area contributed by atoms with E-state index in [4.69, 9.17) is 6.57 Å². The number of hydrogen-bond donors (Lipinski definition) is 1. The molecule has 86 valence electrons. The van der Waals surface area contributed by atoms with Crippen molar-refractivity contribution in [3.8, 4) is 0 Å². The predicted octanol–water partition coefficient (Wildman–Crippen LogP) is 2.16. The number of nitrogens with one attached hydrogen (secondary N) is 1. The third-order valence-corrected chi connectivity index (χ3v) is 3.80. The maximum atomic E-state index is 12.0. The molecule has 0 unspecified atom stereocenters. The highest BCUT2D eigenvalue weighted by molar-refractivity contribution is 6.02. The van der Waals surface area contributed by atoms with E-state index in [1.165, 1.54) is 0 Å². The molecule has 1 fully saturated rings. The van der Waals surface area contributed by atoms with Crippen molar-refractivity contribution in [2.45, 2.75) is 33.1 Å². The van der Waals surface area contributed by atoms with Crippen LogP contribution in [0.5, 0.6) is 0 Å². The van der Waals surface area contributed by atoms with Crippen molar-refractivity contribution in [2.24, 2.45) is 10.8 Å². The predicted molar refractivity (Wildman–Crippen MR) is 62.6 cm³/mol. The van der Waals surface area contributed by atoms with Crippen LogP contribution in [0.3, 0.4) is 0 Å². The number of rotatable bonds is 0. The molecule has 0 bridgehead atoms. The van der Waals surface area contributed by atoms with Crippen LogP contribution in [0.4, 0.5) is 0 Å². The molecule has 1 saturated heterocycles. The number of allylic oxidation sites excluding steroid dienone is 2. The lowest BCUT2D eigenvalue weighted by molar-refractivity contribution is -0.125. The molecule has 1 N–H and O–H groups in total. The van der Waals surface area contributed by atoms with Gasteiger partial charge in [0.2, 0.25) is 5.70 Å². The first-order valence-electron chi connectivity index (χ1n) is 5.85. The van der Waals surface area contributed by atoms with Crippen LogP contribution in [-0.4, -0.2) is 18.9 Å². The Morgan fingerprint density at radius 2 is 2.00 bits per heavy atom. The summed E-state index contributed by atoms with van der Waals surface area (Å²) in [6.45, 7) is 13.0. The summed E-state index contributed by atoms with van der Waals surface area (Å²) in [4.78, 5) is 15.4. The minimum atomic E-state index is -0.369. The molecule has 0 radical (unpaired) electrons. The monoisotopic (exact) mass is 218 g/mol. The fourth-order valence-corrected chi connectivity index (χ4v) is 3.04. The van der Waals surface area contributed by atoms with Gasteiger partial charge in [0.05, 0.1) is 6.57 Å². The number of carbonyl (C=O) groups is 1. The Morgan fingerprint density at radius 1 is 1.38 bits per heavy atom. The van der Waals surface area contributed by atoms with Crippen molar-refractivity contribution >= 4 is 5.78 Å². The molecule has 0 aromatic heterocycles. The lowest BCUT2D eigenvalue weighted by atomic mass is 9.62. The van der Waals surface area contributed by atoms with E-state index >= 15 is 0 Å². The van der Waals surface area contributed by atoms with Crippen LogP contribution in [0, 0.1) is 17.4 Å². The van der Waals surface area contributed by atoms with Crippen molar-refractivity contribution in [1.29, 1.82) is 0 Å². The summed E-state index contributed by atoms with van der Waals surface area (Å²) in [5.41, 5.74) is 0.0762. The average molecular weight is 218 g/mol. The molecule has 1 aliphatic heterocycles. The van der Waals surface area contributed by atoms with E-state index in [9.17, 15) is 4.79 Å². The number of ketones is 1. The fourth-order valence-electron chi connectivity index (χ4n) is 3.04. The maximum Gasteiger partial charge on any atom is 0.226 e. The molecule has 0 aromatic carbocycles. The molecule has 0 atom stereocenters. The number of Topliss-reactive ketones (excluding diaryl/α,β-unsaturated/α-hetero) is 1. The Morgan fingerprint density at radius 3 is 2.56 bits per heavy atom. The fraction of sp³-hybridized carbons (Fsp3) is 0.692. The highest BCUT2D eigenvalue weighted by Gasteiger charge is 2.45. The van der Waals surface area contributed by atoms with Crippen molar-refractivity contribution in [3.05, 3.63) is 23.2 Å². The standard InChI is InChI=1S/C13H18N2O/c1-12(2)9-13(4-6-15-7-5-13)8-10(14-3)11(12)16/h8,15H,4-7,9H2,1-2H3. The smallest absolute Gasteiger partial charge is 0.226 e. The summed E-state index contributed by atoms with van der Waals surface area (Å²) in [5.74, 6) is 0.0201. The highest BCUT2D eigenvalue weighted by atomic mass is 16.1. The second-order valence-corrected chi connectivity index (χ2v) is 5.64. The summed E-state index contributed by atoms with van der Waals surface area (Å²) in [7, 11) is 0. The Labute approximate surface area is 96.7 Å². The minimum absolute atomic E-state index is 0.0201. The van der Waals surface area contributed by atoms with Crippen LogP contribution in [0.2, 0.25) is 0 Å². The van der Waals surface area contributed by atoms with E-state index in [0.717, 1.165) is 32.4 Å². The zero-order valence-corrected chi connectivity index (χ0v) is 9.97. The molecular formula is C13H18N2O. The largest absolute Gasteiger partial charge is 0.317 e. The molecule has 0 amide bonds. The highest BCUT2D eigenvalue weighted by Crippen LogP contribution is 2.47. The Hall–Kier alpha value is -1.14. The van der Waals surface area contributed by atoms with Gasteiger partial charge in [-0.3, -0.25) is 0 Å². The first-order chi connectivity index (χ1) is 7.49. The maximum absolute atomic E-state index is 12.0. The third-order valence-electron chi connectivity index (χ3n) is 3.80. The van der Waals surface area contributed by atoms with Gasteiger partial charge < -0.3 is 10.1 Å². The van der Waals surface area contributed by atoms with Crippen molar-refractivity contribution in [3.63, 3.8) is 0 Å². The summed E-state index contributed by atoms with van der Waals surface area (Å²) >= 11 is 0. The Kier molecular flexibility index (Phi) is 2.63. The third kappa shape index (κ3) is 1.78. The van der Waals surface area contributed by atoms with Crippen LogP contribution >= 0.6 is 0 Å². The molecular weight excluding hydrogens is 200 g/mol. The molecule has 1 heterocycles. The number of nitrogens with zero attached hydrogens (tertiary/aromatic N) is 1. The minimum Gasteiger partial charge on any atom is -0.317 e. The van der Waals surface area contributed by atoms with Gasteiger partial charge in [-0.05, 0) is 37.8 Å². The molecule has 0 aromatic rings. The van der Waals surface area contributed by atoms with E-state index in [2.05, 4.69) is 10.2 Å². The van der Waals surface area contributed by atoms with E-state index < -0.39 is 0 Å². The van der Waals surface area contributed by atoms with Gasteiger partial charge in [-0.25, -0.2) is 4.85 Å². The van der Waals surface area contributed by atoms with Crippen LogP contribution in [-0.2, 0) is 4.79 Å². The molecule has 2 aliphatic rings. The quantitative estimate of drug-likeness (QED) is 0.632. The first kappa shape index (κ1) is 11.3. The van der Waals surface area contributed by atoms with Crippen molar-refractivity contribution in [2.75, 3.05) is 13.1 Å². The molecule has 3 heteroatoms. The van der Waals surface area contributed by atoms with Gasteiger partial charge in [-0.15, -0.1) is 0 Å². The van der Waals surface area contributed by atoms with E-state index in [-0.39, 0.29) is 16.6 Å². The summed E-state index contributed by atoms with van der Waals surface area (Å²) in [6, 6.07) is 0. The van der Waals surface area contributed by atoms with E-state index in [1.807, 2.05) is 19.9 Å². The molecule has 1 aliphatic carbocycles. The van der Waals surface area contributed by atoms with Crippen LogP contribution < -0.4 is 5.32 Å². The summed E-state index contributed by atoms with van der Waals surface area (Å²) < 4.78 is 0. The Bertz CT molecular complexity index is 381. The lowest BCUT2D eigenvalue weighted by Crippen LogP contribution is -2.43. The molecule has 16 heavy (non-hydrogen) atoms. The zero-order valence-electron chi connectivity index (χ0n) is 9.97. The Balaban J connectivity index is 2.39. The zero-order chi connectivity index (χ0) is 11.8. The van der Waals surface area contributed by atoms with Gasteiger partial charge in [0.1, 0.15) is 0 Å². The number of hydrogen-bond acceptors (Lipinski definition) is 2. The summed E-state index contributed by atoms with van der Waals surface area (Å²) in [6.07, 6.45) is 4.93. The van der Waals surface area contributed by atoms with Crippen molar-refractivity contribution < 1.29 is 4.79 Å². The molecule has 2 rings (SSSR count). The molecule has 3 nitrogen and oxygen atoms in total.